The summed E-state index contributed by atoms with van der Waals surface area (Å²) >= 11 is 0. The van der Waals surface area contributed by atoms with E-state index in [4.69, 9.17) is 10.5 Å². The van der Waals surface area contributed by atoms with Gasteiger partial charge in [0, 0.05) is 19.1 Å². The van der Waals surface area contributed by atoms with Gasteiger partial charge in [-0.2, -0.15) is 0 Å². The zero-order chi connectivity index (χ0) is 13.7. The summed E-state index contributed by atoms with van der Waals surface area (Å²) in [5.41, 5.74) is 7.30. The molecule has 1 heterocycles. The Morgan fingerprint density at radius 2 is 2.05 bits per heavy atom. The van der Waals surface area contributed by atoms with Crippen molar-refractivity contribution in [2.24, 2.45) is 11.7 Å². The van der Waals surface area contributed by atoms with Crippen molar-refractivity contribution in [3.63, 3.8) is 0 Å². The highest BCUT2D eigenvalue weighted by Gasteiger charge is 2.27. The molecule has 2 N–H and O–H groups in total. The molecule has 0 spiro atoms. The van der Waals surface area contributed by atoms with Crippen LogP contribution in [0.15, 0.2) is 24.3 Å². The highest BCUT2D eigenvalue weighted by atomic mass is 16.5. The Balaban J connectivity index is 2.04. The topological polar surface area (TPSA) is 38.5 Å². The van der Waals surface area contributed by atoms with E-state index in [2.05, 4.69) is 36.1 Å². The second kappa shape index (κ2) is 6.92. The first-order valence-electron chi connectivity index (χ1n) is 7.45. The predicted octanol–water partition coefficient (Wildman–Crippen LogP) is 2.82. The molecule has 0 aromatic heterocycles. The van der Waals surface area contributed by atoms with Crippen molar-refractivity contribution < 1.29 is 4.74 Å². The molecule has 1 aromatic carbocycles. The molecule has 3 heteroatoms. The Labute approximate surface area is 116 Å². The van der Waals surface area contributed by atoms with Gasteiger partial charge in [-0.15, -0.1) is 0 Å². The van der Waals surface area contributed by atoms with Crippen LogP contribution in [0, 0.1) is 5.92 Å². The number of hydrogen-bond acceptors (Lipinski definition) is 3. The standard InChI is InChI=1S/C16H26N2O/c1-3-13-9-10-18(12-13)16(11-17)14-5-7-15(8-6-14)19-4-2/h5-8,13,16H,3-4,9-12,17H2,1-2H3. The van der Waals surface area contributed by atoms with E-state index in [1.165, 1.54) is 31.5 Å². The summed E-state index contributed by atoms with van der Waals surface area (Å²) in [4.78, 5) is 2.53. The van der Waals surface area contributed by atoms with Crippen LogP contribution in [-0.2, 0) is 0 Å². The van der Waals surface area contributed by atoms with Crippen molar-refractivity contribution in [3.8, 4) is 5.75 Å². The fourth-order valence-corrected chi connectivity index (χ4v) is 2.93. The summed E-state index contributed by atoms with van der Waals surface area (Å²) in [6.45, 7) is 8.04. The number of rotatable bonds is 6. The van der Waals surface area contributed by atoms with Gasteiger partial charge in [0.25, 0.3) is 0 Å². The van der Waals surface area contributed by atoms with Crippen LogP contribution in [0.5, 0.6) is 5.75 Å². The van der Waals surface area contributed by atoms with Crippen LogP contribution < -0.4 is 10.5 Å². The van der Waals surface area contributed by atoms with Crippen LogP contribution >= 0.6 is 0 Å². The maximum atomic E-state index is 6.00. The first kappa shape index (κ1) is 14.4. The van der Waals surface area contributed by atoms with Gasteiger partial charge >= 0.3 is 0 Å². The Kier molecular flexibility index (Phi) is 5.23. The lowest BCUT2D eigenvalue weighted by Crippen LogP contribution is -2.32. The van der Waals surface area contributed by atoms with Gasteiger partial charge in [0.05, 0.1) is 6.61 Å². The van der Waals surface area contributed by atoms with E-state index in [0.717, 1.165) is 11.7 Å². The quantitative estimate of drug-likeness (QED) is 0.856. The molecule has 2 atom stereocenters. The van der Waals surface area contributed by atoms with Crippen LogP contribution in [0.4, 0.5) is 0 Å². The molecule has 2 unspecified atom stereocenters. The van der Waals surface area contributed by atoms with E-state index in [1.807, 2.05) is 6.92 Å². The second-order valence-corrected chi connectivity index (χ2v) is 5.31. The highest BCUT2D eigenvalue weighted by molar-refractivity contribution is 5.29. The first-order chi connectivity index (χ1) is 9.28. The van der Waals surface area contributed by atoms with E-state index >= 15 is 0 Å². The van der Waals surface area contributed by atoms with Crippen LogP contribution in [-0.4, -0.2) is 31.1 Å². The Morgan fingerprint density at radius 3 is 2.58 bits per heavy atom. The Morgan fingerprint density at radius 1 is 1.32 bits per heavy atom. The van der Waals surface area contributed by atoms with Crippen LogP contribution in [0.2, 0.25) is 0 Å². The molecule has 1 aliphatic rings. The fraction of sp³-hybridized carbons (Fsp3) is 0.625. The lowest BCUT2D eigenvalue weighted by atomic mass is 10.0. The van der Waals surface area contributed by atoms with Gasteiger partial charge in [0.15, 0.2) is 0 Å². The monoisotopic (exact) mass is 262 g/mol. The largest absolute Gasteiger partial charge is 0.494 e. The molecule has 1 aliphatic heterocycles. The number of ether oxygens (including phenoxy) is 1. The van der Waals surface area contributed by atoms with E-state index in [9.17, 15) is 0 Å². The zero-order valence-electron chi connectivity index (χ0n) is 12.1. The first-order valence-corrected chi connectivity index (χ1v) is 7.45. The Bertz CT molecular complexity index is 377. The summed E-state index contributed by atoms with van der Waals surface area (Å²) in [7, 11) is 0. The van der Waals surface area contributed by atoms with Gasteiger partial charge in [-0.05, 0) is 43.5 Å². The molecular weight excluding hydrogens is 236 g/mol. The van der Waals surface area contributed by atoms with Crippen molar-refractivity contribution in [1.82, 2.24) is 4.90 Å². The molecule has 2 rings (SSSR count). The van der Waals surface area contributed by atoms with Crippen LogP contribution in [0.25, 0.3) is 0 Å². The minimum atomic E-state index is 0.354. The van der Waals surface area contributed by atoms with Gasteiger partial charge in [-0.25, -0.2) is 0 Å². The fourth-order valence-electron chi connectivity index (χ4n) is 2.93. The van der Waals surface area contributed by atoms with Crippen molar-refractivity contribution in [3.05, 3.63) is 29.8 Å². The third-order valence-electron chi connectivity index (χ3n) is 4.13. The van der Waals surface area contributed by atoms with Crippen molar-refractivity contribution in [2.75, 3.05) is 26.2 Å². The summed E-state index contributed by atoms with van der Waals surface area (Å²) in [5.74, 6) is 1.78. The molecule has 0 radical (unpaired) electrons. The summed E-state index contributed by atoms with van der Waals surface area (Å²) in [6.07, 6.45) is 2.58. The lowest BCUT2D eigenvalue weighted by Gasteiger charge is -2.27. The van der Waals surface area contributed by atoms with Crippen molar-refractivity contribution >= 4 is 0 Å². The maximum Gasteiger partial charge on any atom is 0.119 e. The predicted molar refractivity (Wildman–Crippen MR) is 79.4 cm³/mol. The van der Waals surface area contributed by atoms with Crippen LogP contribution in [0.3, 0.4) is 0 Å². The average molecular weight is 262 g/mol. The molecule has 106 valence electrons. The number of nitrogens with zero attached hydrogens (tertiary/aromatic N) is 1. The third-order valence-corrected chi connectivity index (χ3v) is 4.13. The maximum absolute atomic E-state index is 6.00. The molecule has 19 heavy (non-hydrogen) atoms. The van der Waals surface area contributed by atoms with Crippen molar-refractivity contribution in [2.45, 2.75) is 32.7 Å². The number of likely N-dealkylation sites (tertiary alicyclic amines) is 1. The molecule has 1 saturated heterocycles. The highest BCUT2D eigenvalue weighted by Crippen LogP contribution is 2.29. The van der Waals surface area contributed by atoms with Gasteiger partial charge in [0.2, 0.25) is 0 Å². The van der Waals surface area contributed by atoms with Gasteiger partial charge in [-0.1, -0.05) is 25.5 Å². The molecule has 1 aromatic rings. The molecular formula is C16H26N2O. The SMILES string of the molecule is CCOc1ccc(C(CN)N2CCC(CC)C2)cc1. The van der Waals surface area contributed by atoms with Crippen molar-refractivity contribution in [1.29, 1.82) is 0 Å². The number of nitrogens with two attached hydrogens (primary N) is 1. The van der Waals surface area contributed by atoms with E-state index in [1.54, 1.807) is 0 Å². The minimum Gasteiger partial charge on any atom is -0.494 e. The average Bonchev–Trinajstić information content (AvgIpc) is 2.91. The number of hydrogen-bond donors (Lipinski definition) is 1. The number of benzene rings is 1. The van der Waals surface area contributed by atoms with Gasteiger partial charge in [-0.3, -0.25) is 4.90 Å². The Hall–Kier alpha value is -1.06. The molecule has 0 saturated carbocycles. The molecule has 3 nitrogen and oxygen atoms in total. The van der Waals surface area contributed by atoms with Crippen LogP contribution in [0.1, 0.15) is 38.3 Å². The van der Waals surface area contributed by atoms with E-state index < -0.39 is 0 Å². The minimum absolute atomic E-state index is 0.354. The van der Waals surface area contributed by atoms with E-state index in [0.29, 0.717) is 19.2 Å². The normalized spacial score (nSPS) is 21.5. The molecule has 0 amide bonds. The summed E-state index contributed by atoms with van der Waals surface area (Å²) in [5, 5.41) is 0. The molecule has 1 fully saturated rings. The van der Waals surface area contributed by atoms with Gasteiger partial charge in [0.1, 0.15) is 5.75 Å². The van der Waals surface area contributed by atoms with E-state index in [-0.39, 0.29) is 0 Å². The lowest BCUT2D eigenvalue weighted by molar-refractivity contribution is 0.240. The summed E-state index contributed by atoms with van der Waals surface area (Å²) in [6, 6.07) is 8.76. The molecule has 0 bridgehead atoms. The second-order valence-electron chi connectivity index (χ2n) is 5.31. The third kappa shape index (κ3) is 3.48. The van der Waals surface area contributed by atoms with Gasteiger partial charge < -0.3 is 10.5 Å². The summed E-state index contributed by atoms with van der Waals surface area (Å²) < 4.78 is 5.49. The molecule has 0 aliphatic carbocycles. The zero-order valence-corrected chi connectivity index (χ0v) is 12.1. The smallest absolute Gasteiger partial charge is 0.119 e.